The standard InChI is InChI=1S/C19H31N3O6/c1-5-28-16(23)7-6-14(11-13-8-9-20-17(13)24)21-19(26)22-15(10-12(2)3)18(25)27-4/h6-7,12-15H,5,8-11H2,1-4H3,(H,20,24)(H2,21,22,26)/b7-6+/t13-,14+,15-/m0/s1. The first-order valence-electron chi connectivity index (χ1n) is 9.54. The Labute approximate surface area is 165 Å². The number of ether oxygens (including phenoxy) is 2. The van der Waals surface area contributed by atoms with E-state index >= 15 is 0 Å². The van der Waals surface area contributed by atoms with Crippen LogP contribution in [0.5, 0.6) is 0 Å². The van der Waals surface area contributed by atoms with Crippen LogP contribution in [0.1, 0.15) is 40.0 Å². The minimum atomic E-state index is -0.783. The van der Waals surface area contributed by atoms with Gasteiger partial charge in [0.2, 0.25) is 5.91 Å². The molecule has 0 radical (unpaired) electrons. The van der Waals surface area contributed by atoms with E-state index in [1.54, 1.807) is 6.92 Å². The molecule has 0 aromatic rings. The van der Waals surface area contributed by atoms with Crippen LogP contribution in [-0.2, 0) is 23.9 Å². The fourth-order valence-corrected chi connectivity index (χ4v) is 2.94. The molecule has 28 heavy (non-hydrogen) atoms. The summed E-state index contributed by atoms with van der Waals surface area (Å²) >= 11 is 0. The van der Waals surface area contributed by atoms with Crippen molar-refractivity contribution in [2.24, 2.45) is 11.8 Å². The van der Waals surface area contributed by atoms with Crippen molar-refractivity contribution >= 4 is 23.9 Å². The molecule has 1 heterocycles. The summed E-state index contributed by atoms with van der Waals surface area (Å²) in [7, 11) is 1.26. The van der Waals surface area contributed by atoms with Crippen LogP contribution in [0.4, 0.5) is 4.79 Å². The Balaban J connectivity index is 2.78. The quantitative estimate of drug-likeness (QED) is 0.372. The van der Waals surface area contributed by atoms with Gasteiger partial charge in [-0.25, -0.2) is 14.4 Å². The second-order valence-electron chi connectivity index (χ2n) is 7.05. The van der Waals surface area contributed by atoms with Crippen LogP contribution in [0.25, 0.3) is 0 Å². The first kappa shape index (κ1) is 23.5. The number of urea groups is 1. The van der Waals surface area contributed by atoms with Gasteiger partial charge in [0.1, 0.15) is 6.04 Å². The van der Waals surface area contributed by atoms with Gasteiger partial charge in [0.05, 0.1) is 19.8 Å². The summed E-state index contributed by atoms with van der Waals surface area (Å²) in [5, 5.41) is 8.06. The van der Waals surface area contributed by atoms with E-state index in [4.69, 9.17) is 9.47 Å². The van der Waals surface area contributed by atoms with Gasteiger partial charge in [0.15, 0.2) is 0 Å². The van der Waals surface area contributed by atoms with Gasteiger partial charge in [-0.05, 0) is 32.1 Å². The molecule has 0 unspecified atom stereocenters. The highest BCUT2D eigenvalue weighted by molar-refractivity contribution is 5.85. The van der Waals surface area contributed by atoms with Gasteiger partial charge >= 0.3 is 18.0 Å². The van der Waals surface area contributed by atoms with E-state index in [0.717, 1.165) is 0 Å². The predicted octanol–water partition coefficient (Wildman–Crippen LogP) is 0.887. The van der Waals surface area contributed by atoms with Crippen LogP contribution in [-0.4, -0.2) is 56.2 Å². The van der Waals surface area contributed by atoms with Gasteiger partial charge in [0, 0.05) is 18.5 Å². The molecule has 0 saturated carbocycles. The molecular weight excluding hydrogens is 366 g/mol. The minimum absolute atomic E-state index is 0.0796. The van der Waals surface area contributed by atoms with Gasteiger partial charge in [0.25, 0.3) is 0 Å². The Kier molecular flexibility index (Phi) is 10.0. The molecule has 1 fully saturated rings. The lowest BCUT2D eigenvalue weighted by molar-refractivity contribution is -0.143. The summed E-state index contributed by atoms with van der Waals surface area (Å²) < 4.78 is 9.59. The van der Waals surface area contributed by atoms with E-state index < -0.39 is 30.1 Å². The van der Waals surface area contributed by atoms with Crippen LogP contribution in [0, 0.1) is 11.8 Å². The van der Waals surface area contributed by atoms with E-state index in [-0.39, 0.29) is 24.3 Å². The Morgan fingerprint density at radius 2 is 2.00 bits per heavy atom. The van der Waals surface area contributed by atoms with E-state index in [2.05, 4.69) is 16.0 Å². The summed E-state index contributed by atoms with van der Waals surface area (Å²) in [5.41, 5.74) is 0. The summed E-state index contributed by atoms with van der Waals surface area (Å²) in [5.74, 6) is -1.23. The maximum atomic E-state index is 12.4. The van der Waals surface area contributed by atoms with Gasteiger partial charge in [-0.3, -0.25) is 4.79 Å². The number of amides is 3. The van der Waals surface area contributed by atoms with Crippen LogP contribution < -0.4 is 16.0 Å². The van der Waals surface area contributed by atoms with Gasteiger partial charge < -0.3 is 25.4 Å². The molecule has 3 N–H and O–H groups in total. The van der Waals surface area contributed by atoms with E-state index in [0.29, 0.717) is 25.8 Å². The zero-order valence-electron chi connectivity index (χ0n) is 16.9. The Morgan fingerprint density at radius 1 is 1.29 bits per heavy atom. The fraction of sp³-hybridized carbons (Fsp3) is 0.684. The smallest absolute Gasteiger partial charge is 0.330 e. The zero-order chi connectivity index (χ0) is 21.1. The summed E-state index contributed by atoms with van der Waals surface area (Å²) in [6, 6.07) is -1.93. The zero-order valence-corrected chi connectivity index (χ0v) is 16.9. The molecular formula is C19H31N3O6. The normalized spacial score (nSPS) is 18.5. The van der Waals surface area contributed by atoms with Crippen molar-refractivity contribution in [2.75, 3.05) is 20.3 Å². The van der Waals surface area contributed by atoms with Crippen LogP contribution in [0.15, 0.2) is 12.2 Å². The lowest BCUT2D eigenvalue weighted by atomic mass is 9.98. The van der Waals surface area contributed by atoms with E-state index in [1.807, 2.05) is 13.8 Å². The highest BCUT2D eigenvalue weighted by Gasteiger charge is 2.28. The highest BCUT2D eigenvalue weighted by atomic mass is 16.5. The Bertz CT molecular complexity index is 590. The topological polar surface area (TPSA) is 123 Å². The second-order valence-corrected chi connectivity index (χ2v) is 7.05. The number of rotatable bonds is 10. The minimum Gasteiger partial charge on any atom is -0.467 e. The van der Waals surface area contributed by atoms with E-state index in [1.165, 1.54) is 19.3 Å². The number of hydrogen-bond donors (Lipinski definition) is 3. The molecule has 1 rings (SSSR count). The van der Waals surface area contributed by atoms with E-state index in [9.17, 15) is 19.2 Å². The van der Waals surface area contributed by atoms with Crippen molar-refractivity contribution in [3.05, 3.63) is 12.2 Å². The van der Waals surface area contributed by atoms with Gasteiger partial charge in [-0.1, -0.05) is 19.9 Å². The average Bonchev–Trinajstić information content (AvgIpc) is 3.03. The van der Waals surface area contributed by atoms with Crippen molar-refractivity contribution in [1.82, 2.24) is 16.0 Å². The first-order valence-corrected chi connectivity index (χ1v) is 9.54. The van der Waals surface area contributed by atoms with Gasteiger partial charge in [-0.15, -0.1) is 0 Å². The molecule has 3 atom stereocenters. The number of methoxy groups -OCH3 is 1. The first-order chi connectivity index (χ1) is 13.3. The van der Waals surface area contributed by atoms with Crippen molar-refractivity contribution in [3.63, 3.8) is 0 Å². The number of nitrogens with one attached hydrogen (secondary N) is 3. The maximum absolute atomic E-state index is 12.4. The molecule has 0 aromatic carbocycles. The molecule has 0 aliphatic carbocycles. The monoisotopic (exact) mass is 397 g/mol. The largest absolute Gasteiger partial charge is 0.467 e. The summed E-state index contributed by atoms with van der Waals surface area (Å²) in [4.78, 5) is 47.7. The van der Waals surface area contributed by atoms with Crippen LogP contribution in [0.2, 0.25) is 0 Å². The SMILES string of the molecule is CCOC(=O)/C=C/[C@H](C[C@@H]1CCNC1=O)NC(=O)N[C@@H](CC(C)C)C(=O)OC. The lowest BCUT2D eigenvalue weighted by Gasteiger charge is -2.22. The number of carbonyl (C=O) groups excluding carboxylic acids is 4. The Morgan fingerprint density at radius 3 is 2.54 bits per heavy atom. The second kappa shape index (κ2) is 12.0. The van der Waals surface area contributed by atoms with Crippen molar-refractivity contribution < 1.29 is 28.7 Å². The molecule has 9 nitrogen and oxygen atoms in total. The molecule has 1 aliphatic rings. The molecule has 9 heteroatoms. The Hall–Kier alpha value is -2.58. The third-order valence-electron chi connectivity index (χ3n) is 4.27. The summed E-state index contributed by atoms with van der Waals surface area (Å²) in [6.45, 7) is 6.38. The molecule has 158 valence electrons. The third kappa shape index (κ3) is 8.41. The third-order valence-corrected chi connectivity index (χ3v) is 4.27. The van der Waals surface area contributed by atoms with Crippen LogP contribution in [0.3, 0.4) is 0 Å². The lowest BCUT2D eigenvalue weighted by Crippen LogP contribution is -2.49. The van der Waals surface area contributed by atoms with Crippen molar-refractivity contribution in [3.8, 4) is 0 Å². The number of carbonyl (C=O) groups is 4. The molecule has 0 aromatic heterocycles. The molecule has 1 saturated heterocycles. The van der Waals surface area contributed by atoms with Crippen molar-refractivity contribution in [2.45, 2.75) is 52.1 Å². The average molecular weight is 397 g/mol. The summed E-state index contributed by atoms with van der Waals surface area (Å²) in [6.07, 6.45) is 4.15. The number of hydrogen-bond acceptors (Lipinski definition) is 6. The molecule has 3 amide bonds. The fourth-order valence-electron chi connectivity index (χ4n) is 2.94. The number of esters is 2. The highest BCUT2D eigenvalue weighted by Crippen LogP contribution is 2.17. The van der Waals surface area contributed by atoms with Gasteiger partial charge in [-0.2, -0.15) is 0 Å². The molecule has 0 spiro atoms. The predicted molar refractivity (Wildman–Crippen MR) is 102 cm³/mol. The van der Waals surface area contributed by atoms with Crippen molar-refractivity contribution in [1.29, 1.82) is 0 Å². The molecule has 1 aliphatic heterocycles. The maximum Gasteiger partial charge on any atom is 0.330 e. The van der Waals surface area contributed by atoms with Crippen LogP contribution >= 0.6 is 0 Å². The molecule has 0 bridgehead atoms.